The molecule has 3 N–H and O–H groups in total. The number of nitrogens with zero attached hydrogens (tertiary/aromatic N) is 1. The zero-order valence-electron chi connectivity index (χ0n) is 11.9. The average Bonchev–Trinajstić information content (AvgIpc) is 3.14. The van der Waals surface area contributed by atoms with Crippen LogP contribution in [-0.4, -0.2) is 33.6 Å². The van der Waals surface area contributed by atoms with Gasteiger partial charge in [0.25, 0.3) is 5.91 Å². The monoisotopic (exact) mass is 322 g/mol. The molecule has 0 aromatic carbocycles. The van der Waals surface area contributed by atoms with E-state index in [1.54, 1.807) is 24.7 Å². The van der Waals surface area contributed by atoms with Gasteiger partial charge in [-0.05, 0) is 23.8 Å². The maximum absolute atomic E-state index is 12.1. The number of rotatable bonds is 4. The molecule has 0 aliphatic rings. The zero-order valence-corrected chi connectivity index (χ0v) is 11.9. The fourth-order valence-electron chi connectivity index (χ4n) is 2.31. The Hall–Kier alpha value is -2.77. The number of hydrogen-bond acceptors (Lipinski definition) is 2. The molecule has 1 amide bonds. The lowest BCUT2D eigenvalue weighted by Crippen LogP contribution is -2.28. The van der Waals surface area contributed by atoms with Crippen LogP contribution in [0, 0.1) is 0 Å². The number of H-pyrrole nitrogens is 2. The van der Waals surface area contributed by atoms with Gasteiger partial charge in [0.1, 0.15) is 11.3 Å². The summed E-state index contributed by atoms with van der Waals surface area (Å²) in [6.45, 7) is -0.450. The number of nitrogens with one attached hydrogen (secondary N) is 3. The van der Waals surface area contributed by atoms with Crippen LogP contribution in [0.3, 0.4) is 0 Å². The highest BCUT2D eigenvalue weighted by atomic mass is 19.4. The first-order valence-corrected chi connectivity index (χ1v) is 6.90. The minimum Gasteiger partial charge on any atom is -0.357 e. The van der Waals surface area contributed by atoms with Crippen LogP contribution in [0.2, 0.25) is 0 Å². The van der Waals surface area contributed by atoms with E-state index in [0.29, 0.717) is 0 Å². The maximum atomic E-state index is 12.1. The fourth-order valence-corrected chi connectivity index (χ4v) is 2.31. The molecule has 3 aromatic rings. The van der Waals surface area contributed by atoms with Gasteiger partial charge in [0, 0.05) is 36.1 Å². The number of hydrogen-bond donors (Lipinski definition) is 3. The second-order valence-corrected chi connectivity index (χ2v) is 5.02. The molecule has 0 saturated heterocycles. The molecule has 0 fully saturated rings. The molecule has 0 aliphatic carbocycles. The Morgan fingerprint density at radius 2 is 2.09 bits per heavy atom. The SMILES string of the molecule is O=C(NCCC(F)(F)F)c1cc(-c2ccnc3[nH]ccc23)c[nH]1. The van der Waals surface area contributed by atoms with Crippen molar-refractivity contribution >= 4 is 16.9 Å². The van der Waals surface area contributed by atoms with Gasteiger partial charge in [-0.3, -0.25) is 4.79 Å². The van der Waals surface area contributed by atoms with E-state index in [0.717, 1.165) is 22.2 Å². The predicted molar refractivity (Wildman–Crippen MR) is 78.9 cm³/mol. The summed E-state index contributed by atoms with van der Waals surface area (Å²) in [6.07, 6.45) is -0.297. The summed E-state index contributed by atoms with van der Waals surface area (Å²) in [6, 6.07) is 5.28. The van der Waals surface area contributed by atoms with Gasteiger partial charge in [-0.15, -0.1) is 0 Å². The second-order valence-electron chi connectivity index (χ2n) is 5.02. The summed E-state index contributed by atoms with van der Waals surface area (Å²) in [7, 11) is 0. The lowest BCUT2D eigenvalue weighted by atomic mass is 10.1. The number of carbonyl (C=O) groups excluding carboxylic acids is 1. The summed E-state index contributed by atoms with van der Waals surface area (Å²) >= 11 is 0. The Morgan fingerprint density at radius 1 is 1.26 bits per heavy atom. The Bertz CT molecular complexity index is 834. The van der Waals surface area contributed by atoms with Crippen LogP contribution in [0.5, 0.6) is 0 Å². The first kappa shape index (κ1) is 15.1. The predicted octanol–water partition coefficient (Wildman–Crippen LogP) is 3.24. The van der Waals surface area contributed by atoms with Crippen LogP contribution in [0.15, 0.2) is 36.8 Å². The molecule has 0 spiro atoms. The molecule has 0 aliphatic heterocycles. The Kier molecular flexibility index (Phi) is 3.81. The Morgan fingerprint density at radius 3 is 2.87 bits per heavy atom. The van der Waals surface area contributed by atoms with Crippen LogP contribution >= 0.6 is 0 Å². The summed E-state index contributed by atoms with van der Waals surface area (Å²) in [5.41, 5.74) is 2.57. The average molecular weight is 322 g/mol. The maximum Gasteiger partial charge on any atom is 0.390 e. The molecule has 3 rings (SSSR count). The largest absolute Gasteiger partial charge is 0.390 e. The molecule has 3 heterocycles. The lowest BCUT2D eigenvalue weighted by molar-refractivity contribution is -0.132. The zero-order chi connectivity index (χ0) is 16.4. The molecule has 0 saturated carbocycles. The molecular formula is C15H13F3N4O. The molecule has 0 bridgehead atoms. The van der Waals surface area contributed by atoms with Crippen LogP contribution in [0.4, 0.5) is 13.2 Å². The summed E-state index contributed by atoms with van der Waals surface area (Å²) < 4.78 is 36.3. The van der Waals surface area contributed by atoms with Crippen molar-refractivity contribution in [3.05, 3.63) is 42.5 Å². The van der Waals surface area contributed by atoms with E-state index >= 15 is 0 Å². The van der Waals surface area contributed by atoms with Gasteiger partial charge in [0.15, 0.2) is 0 Å². The van der Waals surface area contributed by atoms with E-state index in [1.165, 1.54) is 0 Å². The van der Waals surface area contributed by atoms with Crippen molar-refractivity contribution in [1.29, 1.82) is 0 Å². The number of carbonyl (C=O) groups is 1. The van der Waals surface area contributed by atoms with Gasteiger partial charge in [-0.25, -0.2) is 4.98 Å². The topological polar surface area (TPSA) is 73.6 Å². The molecule has 23 heavy (non-hydrogen) atoms. The first-order valence-electron chi connectivity index (χ1n) is 6.90. The number of aromatic nitrogens is 3. The summed E-state index contributed by atoms with van der Waals surface area (Å²) in [4.78, 5) is 21.8. The number of halogens is 3. The normalized spacial score (nSPS) is 11.8. The molecule has 8 heteroatoms. The molecule has 3 aromatic heterocycles. The number of alkyl halides is 3. The number of aromatic amines is 2. The number of fused-ring (bicyclic) bond motifs is 1. The lowest BCUT2D eigenvalue weighted by Gasteiger charge is -2.06. The molecule has 0 atom stereocenters. The van der Waals surface area contributed by atoms with E-state index in [9.17, 15) is 18.0 Å². The van der Waals surface area contributed by atoms with Gasteiger partial charge in [-0.1, -0.05) is 0 Å². The molecule has 0 unspecified atom stereocenters. The van der Waals surface area contributed by atoms with Crippen molar-refractivity contribution in [2.24, 2.45) is 0 Å². The van der Waals surface area contributed by atoms with Crippen molar-refractivity contribution in [2.75, 3.05) is 6.54 Å². The first-order chi connectivity index (χ1) is 10.9. The standard InChI is InChI=1S/C15H13F3N4O/c16-15(17,18)3-6-21-14(23)12-7-9(8-22-12)10-1-4-19-13-11(10)2-5-20-13/h1-2,4-5,7-8,22H,3,6H2,(H,19,20)(H,21,23). The van der Waals surface area contributed by atoms with Gasteiger partial charge < -0.3 is 15.3 Å². The van der Waals surface area contributed by atoms with Crippen LogP contribution in [0.1, 0.15) is 16.9 Å². The molecule has 5 nitrogen and oxygen atoms in total. The van der Waals surface area contributed by atoms with E-state index in [2.05, 4.69) is 20.3 Å². The molecule has 0 radical (unpaired) electrons. The Balaban J connectivity index is 1.75. The highest BCUT2D eigenvalue weighted by Crippen LogP contribution is 2.27. The van der Waals surface area contributed by atoms with E-state index in [4.69, 9.17) is 0 Å². The van der Waals surface area contributed by atoms with Crippen LogP contribution in [-0.2, 0) is 0 Å². The van der Waals surface area contributed by atoms with E-state index < -0.39 is 25.0 Å². The fraction of sp³-hybridized carbons (Fsp3) is 0.200. The van der Waals surface area contributed by atoms with Crippen LogP contribution < -0.4 is 5.32 Å². The molecule has 120 valence electrons. The third-order valence-corrected chi connectivity index (χ3v) is 3.39. The van der Waals surface area contributed by atoms with Crippen LogP contribution in [0.25, 0.3) is 22.2 Å². The van der Waals surface area contributed by atoms with Crippen molar-refractivity contribution in [1.82, 2.24) is 20.3 Å². The second kappa shape index (κ2) is 5.79. The van der Waals surface area contributed by atoms with Gasteiger partial charge in [0.2, 0.25) is 0 Å². The smallest absolute Gasteiger partial charge is 0.357 e. The third-order valence-electron chi connectivity index (χ3n) is 3.39. The Labute approximate surface area is 128 Å². The third kappa shape index (κ3) is 3.36. The van der Waals surface area contributed by atoms with Gasteiger partial charge >= 0.3 is 6.18 Å². The van der Waals surface area contributed by atoms with Gasteiger partial charge in [-0.2, -0.15) is 13.2 Å². The van der Waals surface area contributed by atoms with Crippen molar-refractivity contribution in [3.8, 4) is 11.1 Å². The van der Waals surface area contributed by atoms with Crippen molar-refractivity contribution in [3.63, 3.8) is 0 Å². The quantitative estimate of drug-likeness (QED) is 0.690. The van der Waals surface area contributed by atoms with Gasteiger partial charge in [0.05, 0.1) is 6.42 Å². The number of amides is 1. The highest BCUT2D eigenvalue weighted by Gasteiger charge is 2.26. The van der Waals surface area contributed by atoms with Crippen molar-refractivity contribution in [2.45, 2.75) is 12.6 Å². The minimum absolute atomic E-state index is 0.211. The molecular weight excluding hydrogens is 309 g/mol. The summed E-state index contributed by atoms with van der Waals surface area (Å²) in [5, 5.41) is 3.14. The van der Waals surface area contributed by atoms with Crippen molar-refractivity contribution < 1.29 is 18.0 Å². The highest BCUT2D eigenvalue weighted by molar-refractivity contribution is 5.97. The van der Waals surface area contributed by atoms with E-state index in [1.807, 2.05) is 12.1 Å². The minimum atomic E-state index is -4.29. The summed E-state index contributed by atoms with van der Waals surface area (Å²) in [5.74, 6) is -0.570. The number of pyridine rings is 1. The van der Waals surface area contributed by atoms with E-state index in [-0.39, 0.29) is 5.69 Å².